The van der Waals surface area contributed by atoms with E-state index in [2.05, 4.69) is 69.2 Å². The van der Waals surface area contributed by atoms with E-state index in [0.717, 1.165) is 61.7 Å². The number of carbonyl (C=O) groups is 3. The first-order valence-corrected chi connectivity index (χ1v) is 26.5. The van der Waals surface area contributed by atoms with Crippen molar-refractivity contribution in [2.24, 2.45) is 47.3 Å². The summed E-state index contributed by atoms with van der Waals surface area (Å²) in [6, 6.07) is 0. The summed E-state index contributed by atoms with van der Waals surface area (Å²) in [7, 11) is 0. The minimum atomic E-state index is -1.58. The van der Waals surface area contributed by atoms with Crippen LogP contribution in [-0.4, -0.2) is 132 Å². The Kier molecular flexibility index (Phi) is 39.0. The zero-order valence-corrected chi connectivity index (χ0v) is 43.8. The molecule has 386 valence electrons. The Labute approximate surface area is 399 Å². The summed E-state index contributed by atoms with van der Waals surface area (Å²) in [5, 5.41) is 38.7. The van der Waals surface area contributed by atoms with E-state index < -0.39 is 24.2 Å². The molecule has 65 heavy (non-hydrogen) atoms. The molecule has 0 aromatic carbocycles. The third-order valence-corrected chi connectivity index (χ3v) is 13.4. The van der Waals surface area contributed by atoms with Gasteiger partial charge < -0.3 is 29.9 Å². The highest BCUT2D eigenvalue weighted by Crippen LogP contribution is 2.24. The molecule has 0 amide bonds. The molecule has 0 aromatic rings. The normalized spacial score (nSPS) is 15.0. The fraction of sp³-hybridized carbons (Fsp3) is 0.943. The quantitative estimate of drug-likeness (QED) is 0.0260. The summed E-state index contributed by atoms with van der Waals surface area (Å²) in [4.78, 5) is 41.1. The van der Waals surface area contributed by atoms with Gasteiger partial charge in [-0.25, -0.2) is 0 Å². The predicted octanol–water partition coefficient (Wildman–Crippen LogP) is 10.8. The average Bonchev–Trinajstić information content (AvgIpc) is 3.19. The lowest BCUT2D eigenvalue weighted by atomic mass is 9.91. The van der Waals surface area contributed by atoms with Crippen LogP contribution in [0.2, 0.25) is 0 Å². The summed E-state index contributed by atoms with van der Waals surface area (Å²) in [6.45, 7) is 24.2. The highest BCUT2D eigenvalue weighted by Gasteiger charge is 2.20. The van der Waals surface area contributed by atoms with Crippen molar-refractivity contribution in [2.45, 2.75) is 204 Å². The summed E-state index contributed by atoms with van der Waals surface area (Å²) in [5.74, 6) is 2.99. The highest BCUT2D eigenvalue weighted by molar-refractivity contribution is 5.74. The number of rotatable bonds is 46. The number of aliphatic hydroxyl groups excluding tert-OH is 1. The largest absolute Gasteiger partial charge is 0.480 e. The maximum absolute atomic E-state index is 12.8. The molecule has 0 rings (SSSR count). The van der Waals surface area contributed by atoms with Crippen LogP contribution in [0.5, 0.6) is 0 Å². The molecule has 0 aliphatic carbocycles. The maximum atomic E-state index is 12.8. The molecule has 0 bridgehead atoms. The van der Waals surface area contributed by atoms with E-state index in [4.69, 9.17) is 9.47 Å². The second-order valence-corrected chi connectivity index (χ2v) is 21.7. The van der Waals surface area contributed by atoms with Gasteiger partial charge in [0.2, 0.25) is 0 Å². The summed E-state index contributed by atoms with van der Waals surface area (Å²) in [5.41, 5.74) is 0. The second-order valence-electron chi connectivity index (χ2n) is 21.7. The van der Waals surface area contributed by atoms with Gasteiger partial charge in [0, 0.05) is 32.8 Å². The molecule has 0 saturated carbocycles. The topological polar surface area (TPSA) is 160 Å². The van der Waals surface area contributed by atoms with Gasteiger partial charge in [-0.05, 0) is 60.2 Å². The van der Waals surface area contributed by atoms with Crippen molar-refractivity contribution < 1.29 is 44.3 Å². The van der Waals surface area contributed by atoms with E-state index in [1.165, 1.54) is 101 Å². The number of ether oxygens (including phenoxy) is 2. The summed E-state index contributed by atoms with van der Waals surface area (Å²) in [6.07, 6.45) is 23.0. The number of carboxylic acids is 2. The van der Waals surface area contributed by atoms with Crippen molar-refractivity contribution in [1.82, 2.24) is 14.7 Å². The molecule has 0 aromatic heterocycles. The van der Waals surface area contributed by atoms with Crippen LogP contribution in [0.3, 0.4) is 0 Å². The van der Waals surface area contributed by atoms with Crippen LogP contribution in [0.1, 0.15) is 198 Å². The molecule has 6 unspecified atom stereocenters. The van der Waals surface area contributed by atoms with Crippen LogP contribution in [0.15, 0.2) is 0 Å². The molecule has 6 atom stereocenters. The van der Waals surface area contributed by atoms with Crippen molar-refractivity contribution in [3.8, 4) is 0 Å². The fourth-order valence-electron chi connectivity index (χ4n) is 8.83. The van der Waals surface area contributed by atoms with Gasteiger partial charge in [-0.15, -0.1) is 0 Å². The molecule has 4 N–H and O–H groups in total. The van der Waals surface area contributed by atoms with E-state index >= 15 is 0 Å². The number of carbonyl (C=O) groups excluding carboxylic acids is 1. The molecule has 12 nitrogen and oxygen atoms in total. The summed E-state index contributed by atoms with van der Waals surface area (Å²) < 4.78 is 11.5. The number of carboxylic acid groups (broad SMARTS) is 2. The number of esters is 1. The SMILES string of the molecule is CC(C)CCCC(C)CCCC(C)CCCC(C)CCOCN(CCN(CCN(CC(=O)O)CC(=O)OCCC(C)CCCC(C)CCCC(C)CCCC(C)C)CC(=O)O)CC(O)O. The van der Waals surface area contributed by atoms with Crippen molar-refractivity contribution in [3.05, 3.63) is 0 Å². The monoisotopic (exact) mass is 928 g/mol. The van der Waals surface area contributed by atoms with Gasteiger partial charge in [0.15, 0.2) is 6.29 Å². The second kappa shape index (κ2) is 40.1. The predicted molar refractivity (Wildman–Crippen MR) is 267 cm³/mol. The van der Waals surface area contributed by atoms with Crippen LogP contribution >= 0.6 is 0 Å². The Morgan fingerprint density at radius 3 is 1.11 bits per heavy atom. The first kappa shape index (κ1) is 63.2. The molecule has 0 heterocycles. The molecule has 0 aliphatic heterocycles. The average molecular weight is 928 g/mol. The van der Waals surface area contributed by atoms with Crippen LogP contribution in [-0.2, 0) is 23.9 Å². The third-order valence-electron chi connectivity index (χ3n) is 13.4. The maximum Gasteiger partial charge on any atom is 0.320 e. The number of aliphatic carboxylic acids is 2. The Balaban J connectivity index is 4.65. The Hall–Kier alpha value is -1.83. The molecule has 0 radical (unpaired) electrons. The van der Waals surface area contributed by atoms with Crippen LogP contribution in [0, 0.1) is 47.3 Å². The highest BCUT2D eigenvalue weighted by atomic mass is 16.5. The Bertz CT molecular complexity index is 1160. The lowest BCUT2D eigenvalue weighted by molar-refractivity contribution is -0.147. The van der Waals surface area contributed by atoms with Gasteiger partial charge in [0.05, 0.1) is 39.5 Å². The third kappa shape index (κ3) is 42.0. The molecule has 0 fully saturated rings. The standard InChI is InChI=1S/C53H105N3O9/c1-42(2)17-11-19-44(5)21-13-23-46(7)25-15-27-48(9)29-35-64-41-56(39-52(61)62)34-32-54(37-50(57)58)31-33-55(38-51(59)60)40-53(63)65-36-30-49(10)28-16-26-47(8)24-14-22-45(6)20-12-18-43(3)4/h42-49,52,61-62H,11-41H2,1-10H3,(H,57,58)(H,59,60). The van der Waals surface area contributed by atoms with E-state index in [-0.39, 0.29) is 59.2 Å². The first-order valence-electron chi connectivity index (χ1n) is 26.5. The Morgan fingerprint density at radius 1 is 0.415 bits per heavy atom. The minimum absolute atomic E-state index is 0.0575. The first-order chi connectivity index (χ1) is 30.7. The molecular formula is C53H105N3O9. The van der Waals surface area contributed by atoms with Gasteiger partial charge in [-0.3, -0.25) is 29.1 Å². The van der Waals surface area contributed by atoms with E-state index in [1.54, 1.807) is 9.80 Å². The van der Waals surface area contributed by atoms with E-state index in [0.29, 0.717) is 30.9 Å². The van der Waals surface area contributed by atoms with Crippen molar-refractivity contribution in [1.29, 1.82) is 0 Å². The van der Waals surface area contributed by atoms with Gasteiger partial charge in [0.1, 0.15) is 0 Å². The summed E-state index contributed by atoms with van der Waals surface area (Å²) >= 11 is 0. The van der Waals surface area contributed by atoms with Crippen LogP contribution < -0.4 is 0 Å². The Morgan fingerprint density at radius 2 is 0.738 bits per heavy atom. The number of hydrogen-bond donors (Lipinski definition) is 4. The molecule has 0 spiro atoms. The van der Waals surface area contributed by atoms with Crippen molar-refractivity contribution in [2.75, 3.05) is 72.3 Å². The molecule has 0 aliphatic rings. The van der Waals surface area contributed by atoms with E-state index in [9.17, 15) is 34.8 Å². The zero-order valence-electron chi connectivity index (χ0n) is 43.8. The number of hydrogen-bond acceptors (Lipinski definition) is 10. The number of aliphatic hydroxyl groups is 2. The molecule has 12 heteroatoms. The van der Waals surface area contributed by atoms with E-state index in [1.807, 2.05) is 0 Å². The van der Waals surface area contributed by atoms with Gasteiger partial charge >= 0.3 is 17.9 Å². The van der Waals surface area contributed by atoms with Crippen LogP contribution in [0.4, 0.5) is 0 Å². The fourth-order valence-corrected chi connectivity index (χ4v) is 8.83. The number of nitrogens with zero attached hydrogens (tertiary/aromatic N) is 3. The van der Waals surface area contributed by atoms with Crippen LogP contribution in [0.25, 0.3) is 0 Å². The van der Waals surface area contributed by atoms with Gasteiger partial charge in [-0.2, -0.15) is 0 Å². The van der Waals surface area contributed by atoms with Crippen molar-refractivity contribution >= 4 is 17.9 Å². The lowest BCUT2D eigenvalue weighted by Gasteiger charge is -2.29. The minimum Gasteiger partial charge on any atom is -0.480 e. The smallest absolute Gasteiger partial charge is 0.320 e. The van der Waals surface area contributed by atoms with Gasteiger partial charge in [0.25, 0.3) is 0 Å². The molecular weight excluding hydrogens is 823 g/mol. The molecule has 0 saturated heterocycles. The van der Waals surface area contributed by atoms with Gasteiger partial charge in [-0.1, -0.05) is 185 Å². The zero-order chi connectivity index (χ0) is 49.0. The van der Waals surface area contributed by atoms with Crippen molar-refractivity contribution in [3.63, 3.8) is 0 Å². The lowest BCUT2D eigenvalue weighted by Crippen LogP contribution is -2.45.